The van der Waals surface area contributed by atoms with Crippen LogP contribution in [0, 0.1) is 0 Å². The second-order valence-corrected chi connectivity index (χ2v) is 4.09. The first-order valence-corrected chi connectivity index (χ1v) is 4.83. The van der Waals surface area contributed by atoms with Gasteiger partial charge < -0.3 is 0 Å². The smallest absolute Gasteiger partial charge is 1.00 e. The van der Waals surface area contributed by atoms with Crippen LogP contribution in [-0.2, 0) is 11.2 Å². The van der Waals surface area contributed by atoms with Gasteiger partial charge >= 0.3 is 86.7 Å². The van der Waals surface area contributed by atoms with Crippen molar-refractivity contribution in [3.8, 4) is 0 Å². The second kappa shape index (κ2) is 3.59. The van der Waals surface area contributed by atoms with Gasteiger partial charge in [0.1, 0.15) is 0 Å². The molecule has 1 aliphatic rings. The van der Waals surface area contributed by atoms with E-state index in [1.165, 1.54) is 0 Å². The summed E-state index contributed by atoms with van der Waals surface area (Å²) in [7, 11) is 0. The molecule has 0 bridgehead atoms. The number of aromatic nitrogens is 1. The third-order valence-electron chi connectivity index (χ3n) is 1.42. The monoisotopic (exact) mass is 222 g/mol. The van der Waals surface area contributed by atoms with Crippen molar-refractivity contribution in [2.45, 2.75) is 6.42 Å². The van der Waals surface area contributed by atoms with Gasteiger partial charge in [0.2, 0.25) is 0 Å². The molecular formula is C6H3LiN2O2Se. The fourth-order valence-electron chi connectivity index (χ4n) is 0.914. The molecule has 2 rings (SSSR count). The summed E-state index contributed by atoms with van der Waals surface area (Å²) in [4.78, 5) is 18.1. The van der Waals surface area contributed by atoms with Crippen LogP contribution in [0.25, 0.3) is 0 Å². The molecule has 6 heteroatoms. The van der Waals surface area contributed by atoms with E-state index in [0.717, 1.165) is 4.44 Å². The minimum absolute atomic E-state index is 0. The molecule has 0 spiro atoms. The number of aliphatic carboxylic acids is 1. The van der Waals surface area contributed by atoms with E-state index in [-0.39, 0.29) is 39.1 Å². The first kappa shape index (κ1) is 9.75. The fraction of sp³-hybridized carbons (Fsp3) is 0.167. The van der Waals surface area contributed by atoms with Crippen LogP contribution >= 0.6 is 0 Å². The Balaban J connectivity index is 0.000000720. The summed E-state index contributed by atoms with van der Waals surface area (Å²) in [5.74, 6) is -0.574. The molecule has 56 valence electrons. The van der Waals surface area contributed by atoms with E-state index in [0.29, 0.717) is 12.2 Å². The van der Waals surface area contributed by atoms with E-state index >= 15 is 0 Å². The summed E-state index contributed by atoms with van der Waals surface area (Å²) in [6.07, 6.45) is 0.428. The minimum atomic E-state index is -1.18. The van der Waals surface area contributed by atoms with Crippen molar-refractivity contribution in [1.29, 1.82) is 0 Å². The van der Waals surface area contributed by atoms with Crippen LogP contribution < -0.4 is 24.0 Å². The molecule has 1 aromatic rings. The van der Waals surface area contributed by atoms with Crippen molar-refractivity contribution in [2.24, 2.45) is 4.99 Å². The van der Waals surface area contributed by atoms with Crippen LogP contribution in [0.15, 0.2) is 10.1 Å². The molecule has 1 aromatic heterocycles. The van der Waals surface area contributed by atoms with Gasteiger partial charge in [-0.3, -0.25) is 0 Å². The van der Waals surface area contributed by atoms with Crippen LogP contribution in [0.1, 0.15) is 4.44 Å². The fourth-order valence-corrected chi connectivity index (χ4v) is 2.39. The quantitative estimate of drug-likeness (QED) is 0.449. The number of hydrogen-bond acceptors (Lipinski definition) is 4. The Labute approximate surface area is 86.6 Å². The predicted octanol–water partition coefficient (Wildman–Crippen LogP) is -4.48. The summed E-state index contributed by atoms with van der Waals surface area (Å²) in [6.45, 7) is 0. The Morgan fingerprint density at radius 3 is 3.00 bits per heavy atom. The van der Waals surface area contributed by atoms with Crippen molar-refractivity contribution in [3.05, 3.63) is 9.51 Å². The van der Waals surface area contributed by atoms with Crippen LogP contribution in [0.4, 0.5) is 5.82 Å². The summed E-state index contributed by atoms with van der Waals surface area (Å²) < 4.78 is 1.05. The van der Waals surface area contributed by atoms with Gasteiger partial charge in [-0.15, -0.1) is 0 Å². The third kappa shape index (κ3) is 1.55. The number of carboxylic acid groups (broad SMARTS) is 1. The first-order chi connectivity index (χ1) is 5.27. The Morgan fingerprint density at radius 1 is 1.67 bits per heavy atom. The van der Waals surface area contributed by atoms with Gasteiger partial charge in [-0.1, -0.05) is 0 Å². The molecule has 0 amide bonds. The molecule has 0 radical (unpaired) electrons. The van der Waals surface area contributed by atoms with Gasteiger partial charge in [-0.05, 0) is 0 Å². The Bertz CT molecular complexity index is 347. The van der Waals surface area contributed by atoms with Crippen molar-refractivity contribution in [2.75, 3.05) is 0 Å². The van der Waals surface area contributed by atoms with E-state index in [1.807, 2.05) is 0 Å². The average molecular weight is 221 g/mol. The number of carbonyl (C=O) groups is 1. The molecular weight excluding hydrogens is 218 g/mol. The number of fused-ring (bicyclic) bond motifs is 1. The SMILES string of the molecule is O=C([O-])C1=Nc2nc[se]c2C1.[Li+]. The molecule has 0 saturated carbocycles. The van der Waals surface area contributed by atoms with Gasteiger partial charge in [-0.25, -0.2) is 0 Å². The molecule has 0 fully saturated rings. The maximum Gasteiger partial charge on any atom is 1.00 e. The molecule has 12 heavy (non-hydrogen) atoms. The second-order valence-electron chi connectivity index (χ2n) is 2.12. The van der Waals surface area contributed by atoms with Crippen LogP contribution in [-0.4, -0.2) is 31.2 Å². The standard InChI is InChI=1S/C6H4N2O2Se.Li/c9-6(10)3-1-4-5(8-3)7-2-11-4;/h2H,1H2,(H,9,10);/q;+1/p-1. The number of carboxylic acids is 1. The molecule has 0 aromatic carbocycles. The summed E-state index contributed by atoms with van der Waals surface area (Å²) in [5, 5.41) is 12.1. The van der Waals surface area contributed by atoms with Gasteiger partial charge in [0, 0.05) is 0 Å². The maximum absolute atomic E-state index is 10.3. The number of carbonyl (C=O) groups excluding carboxylic acids is 1. The zero-order valence-corrected chi connectivity index (χ0v) is 8.12. The number of aliphatic imine (C=N–C) groups is 1. The third-order valence-corrected chi connectivity index (χ3v) is 3.15. The van der Waals surface area contributed by atoms with Gasteiger partial charge in [-0.2, -0.15) is 0 Å². The summed E-state index contributed by atoms with van der Waals surface area (Å²) in [5.41, 5.74) is 0.119. The topological polar surface area (TPSA) is 65.4 Å². The van der Waals surface area contributed by atoms with E-state index in [1.54, 1.807) is 5.07 Å². The summed E-state index contributed by atoms with van der Waals surface area (Å²) in [6, 6.07) is 0. The minimum Gasteiger partial charge on any atom is 1.00 e. The Kier molecular flexibility index (Phi) is 2.92. The molecule has 1 aliphatic heterocycles. The van der Waals surface area contributed by atoms with E-state index in [9.17, 15) is 9.90 Å². The predicted molar refractivity (Wildman–Crippen MR) is 37.0 cm³/mol. The van der Waals surface area contributed by atoms with Gasteiger partial charge in [0.25, 0.3) is 0 Å². The maximum atomic E-state index is 10.3. The normalized spacial score (nSPS) is 13.2. The molecule has 4 nitrogen and oxygen atoms in total. The van der Waals surface area contributed by atoms with Crippen molar-refractivity contribution < 1.29 is 28.8 Å². The van der Waals surface area contributed by atoms with Crippen molar-refractivity contribution in [1.82, 2.24) is 4.98 Å². The molecule has 0 N–H and O–H groups in total. The van der Waals surface area contributed by atoms with Crippen LogP contribution in [0.3, 0.4) is 0 Å². The van der Waals surface area contributed by atoms with Crippen LogP contribution in [0.5, 0.6) is 0 Å². The van der Waals surface area contributed by atoms with Crippen LogP contribution in [0.2, 0.25) is 0 Å². The van der Waals surface area contributed by atoms with E-state index in [4.69, 9.17) is 0 Å². The average Bonchev–Trinajstić information content (AvgIpc) is 2.40. The molecule has 0 aliphatic carbocycles. The molecule has 0 unspecified atom stereocenters. The van der Waals surface area contributed by atoms with E-state index in [2.05, 4.69) is 9.98 Å². The zero-order chi connectivity index (χ0) is 7.84. The largest absolute Gasteiger partial charge is 1.00 e. The first-order valence-electron chi connectivity index (χ1n) is 2.98. The number of nitrogens with zero attached hydrogens (tertiary/aromatic N) is 2. The number of hydrogen-bond donors (Lipinski definition) is 0. The van der Waals surface area contributed by atoms with E-state index < -0.39 is 5.97 Å². The Hall–Kier alpha value is -0.333. The zero-order valence-electron chi connectivity index (χ0n) is 6.40. The molecule has 0 atom stereocenters. The number of rotatable bonds is 1. The Morgan fingerprint density at radius 2 is 2.42 bits per heavy atom. The van der Waals surface area contributed by atoms with Crippen molar-refractivity contribution in [3.63, 3.8) is 0 Å². The van der Waals surface area contributed by atoms with Crippen molar-refractivity contribution >= 4 is 32.0 Å². The molecule has 0 saturated heterocycles. The van der Waals surface area contributed by atoms with Gasteiger partial charge in [0.15, 0.2) is 0 Å². The van der Waals surface area contributed by atoms with Gasteiger partial charge in [0.05, 0.1) is 0 Å². The summed E-state index contributed by atoms with van der Waals surface area (Å²) >= 11 is 0.218. The molecule has 2 heterocycles.